The lowest BCUT2D eigenvalue weighted by molar-refractivity contribution is -0.163. The molecule has 0 spiro atoms. The molecule has 0 atom stereocenters. The van der Waals surface area contributed by atoms with Crippen LogP contribution in [0.4, 0.5) is 4.79 Å². The van der Waals surface area contributed by atoms with Gasteiger partial charge in [0.2, 0.25) is 0 Å². The standard InChI is InChI=1S/C17H23NO5/c1-3-21-14-10-17(11-14,15(19)22-4-2)18-16(20)23-12-13-8-6-5-7-9-13/h5-9,14H,3-4,10-12H2,1-2H3,(H,18,20). The summed E-state index contributed by atoms with van der Waals surface area (Å²) in [6.07, 6.45) is 0.135. The molecule has 1 aliphatic rings. The Bertz CT molecular complexity index is 525. The van der Waals surface area contributed by atoms with Crippen molar-refractivity contribution < 1.29 is 23.8 Å². The number of amides is 1. The Labute approximate surface area is 136 Å². The summed E-state index contributed by atoms with van der Waals surface area (Å²) in [7, 11) is 0. The third-order valence-electron chi connectivity index (χ3n) is 3.77. The molecule has 1 fully saturated rings. The van der Waals surface area contributed by atoms with Crippen LogP contribution in [0.25, 0.3) is 0 Å². The SMILES string of the molecule is CCOC(=O)C1(NC(=O)OCc2ccccc2)CC(OCC)C1. The van der Waals surface area contributed by atoms with Crippen molar-refractivity contribution in [1.29, 1.82) is 0 Å². The zero-order valence-electron chi connectivity index (χ0n) is 13.5. The molecule has 0 radical (unpaired) electrons. The van der Waals surface area contributed by atoms with Crippen LogP contribution in [0, 0.1) is 0 Å². The molecule has 1 aromatic rings. The lowest BCUT2D eigenvalue weighted by atomic mass is 9.74. The summed E-state index contributed by atoms with van der Waals surface area (Å²) in [4.78, 5) is 24.2. The molecule has 0 saturated heterocycles. The zero-order chi connectivity index (χ0) is 16.7. The van der Waals surface area contributed by atoms with E-state index in [2.05, 4.69) is 5.32 Å². The molecule has 23 heavy (non-hydrogen) atoms. The first-order valence-corrected chi connectivity index (χ1v) is 7.87. The van der Waals surface area contributed by atoms with Gasteiger partial charge < -0.3 is 19.5 Å². The maximum Gasteiger partial charge on any atom is 0.408 e. The van der Waals surface area contributed by atoms with Crippen LogP contribution in [0.2, 0.25) is 0 Å². The van der Waals surface area contributed by atoms with Crippen molar-refractivity contribution in [3.8, 4) is 0 Å². The second-order valence-electron chi connectivity index (χ2n) is 5.47. The summed E-state index contributed by atoms with van der Waals surface area (Å²) < 4.78 is 15.7. The molecular formula is C17H23NO5. The molecule has 1 amide bonds. The first-order chi connectivity index (χ1) is 11.1. The quantitative estimate of drug-likeness (QED) is 0.781. The van der Waals surface area contributed by atoms with E-state index in [4.69, 9.17) is 14.2 Å². The summed E-state index contributed by atoms with van der Waals surface area (Å²) in [6.45, 7) is 4.62. The number of esters is 1. The number of rotatable bonds is 7. The molecule has 0 unspecified atom stereocenters. The van der Waals surface area contributed by atoms with Crippen molar-refractivity contribution in [2.45, 2.75) is 44.9 Å². The van der Waals surface area contributed by atoms with Crippen LogP contribution in [0.5, 0.6) is 0 Å². The average molecular weight is 321 g/mol. The smallest absolute Gasteiger partial charge is 0.408 e. The van der Waals surface area contributed by atoms with Gasteiger partial charge in [0.25, 0.3) is 0 Å². The van der Waals surface area contributed by atoms with Gasteiger partial charge in [-0.25, -0.2) is 9.59 Å². The summed E-state index contributed by atoms with van der Waals surface area (Å²) >= 11 is 0. The largest absolute Gasteiger partial charge is 0.464 e. The number of ether oxygens (including phenoxy) is 3. The minimum atomic E-state index is -1.04. The maximum atomic E-state index is 12.2. The topological polar surface area (TPSA) is 73.9 Å². The molecular weight excluding hydrogens is 298 g/mol. The Morgan fingerprint density at radius 1 is 1.13 bits per heavy atom. The van der Waals surface area contributed by atoms with Gasteiger partial charge in [0, 0.05) is 19.4 Å². The fourth-order valence-electron chi connectivity index (χ4n) is 2.61. The minimum Gasteiger partial charge on any atom is -0.464 e. The molecule has 1 saturated carbocycles. The third kappa shape index (κ3) is 4.45. The number of hydrogen-bond donors (Lipinski definition) is 1. The van der Waals surface area contributed by atoms with E-state index in [0.29, 0.717) is 19.4 Å². The van der Waals surface area contributed by atoms with Crippen molar-refractivity contribution >= 4 is 12.1 Å². The molecule has 0 aromatic heterocycles. The van der Waals surface area contributed by atoms with E-state index < -0.39 is 17.6 Å². The molecule has 0 aliphatic heterocycles. The van der Waals surface area contributed by atoms with E-state index in [9.17, 15) is 9.59 Å². The highest BCUT2D eigenvalue weighted by Gasteiger charge is 2.53. The van der Waals surface area contributed by atoms with Gasteiger partial charge in [-0.2, -0.15) is 0 Å². The van der Waals surface area contributed by atoms with E-state index in [-0.39, 0.29) is 19.3 Å². The molecule has 0 heterocycles. The molecule has 6 nitrogen and oxygen atoms in total. The molecule has 1 aliphatic carbocycles. The number of carbonyl (C=O) groups is 2. The van der Waals surface area contributed by atoms with Crippen LogP contribution in [0.3, 0.4) is 0 Å². The number of hydrogen-bond acceptors (Lipinski definition) is 5. The van der Waals surface area contributed by atoms with Gasteiger partial charge in [-0.05, 0) is 19.4 Å². The van der Waals surface area contributed by atoms with Crippen molar-refractivity contribution in [2.75, 3.05) is 13.2 Å². The zero-order valence-corrected chi connectivity index (χ0v) is 13.5. The summed E-state index contributed by atoms with van der Waals surface area (Å²) in [5, 5.41) is 2.66. The van der Waals surface area contributed by atoms with Crippen LogP contribution < -0.4 is 5.32 Å². The highest BCUT2D eigenvalue weighted by molar-refractivity contribution is 5.87. The Hall–Kier alpha value is -2.08. The van der Waals surface area contributed by atoms with Crippen LogP contribution >= 0.6 is 0 Å². The van der Waals surface area contributed by atoms with E-state index in [1.54, 1.807) is 6.92 Å². The number of carbonyl (C=O) groups excluding carboxylic acids is 2. The van der Waals surface area contributed by atoms with Crippen molar-refractivity contribution in [3.63, 3.8) is 0 Å². The van der Waals surface area contributed by atoms with Crippen molar-refractivity contribution in [3.05, 3.63) is 35.9 Å². The lowest BCUT2D eigenvalue weighted by Gasteiger charge is -2.44. The Morgan fingerprint density at radius 3 is 2.43 bits per heavy atom. The Kier molecular flexibility index (Phi) is 5.98. The van der Waals surface area contributed by atoms with Crippen molar-refractivity contribution in [2.24, 2.45) is 0 Å². The van der Waals surface area contributed by atoms with E-state index >= 15 is 0 Å². The number of benzene rings is 1. The lowest BCUT2D eigenvalue weighted by Crippen LogP contribution is -2.65. The summed E-state index contributed by atoms with van der Waals surface area (Å²) in [5.74, 6) is -0.437. The highest BCUT2D eigenvalue weighted by atomic mass is 16.6. The van der Waals surface area contributed by atoms with Crippen LogP contribution in [0.15, 0.2) is 30.3 Å². The van der Waals surface area contributed by atoms with E-state index in [1.807, 2.05) is 37.3 Å². The summed E-state index contributed by atoms with van der Waals surface area (Å²) in [6, 6.07) is 9.36. The Morgan fingerprint density at radius 2 is 1.83 bits per heavy atom. The van der Waals surface area contributed by atoms with Gasteiger partial charge >= 0.3 is 12.1 Å². The Balaban J connectivity index is 1.90. The molecule has 126 valence electrons. The van der Waals surface area contributed by atoms with Gasteiger partial charge in [0.15, 0.2) is 0 Å². The fraction of sp³-hybridized carbons (Fsp3) is 0.529. The predicted molar refractivity (Wildman–Crippen MR) is 83.8 cm³/mol. The molecule has 6 heteroatoms. The third-order valence-corrected chi connectivity index (χ3v) is 3.77. The average Bonchev–Trinajstić information content (AvgIpc) is 2.52. The van der Waals surface area contributed by atoms with E-state index in [1.165, 1.54) is 0 Å². The van der Waals surface area contributed by atoms with Crippen molar-refractivity contribution in [1.82, 2.24) is 5.32 Å². The summed E-state index contributed by atoms with van der Waals surface area (Å²) in [5.41, 5.74) is -0.155. The van der Waals surface area contributed by atoms with Gasteiger partial charge in [0.1, 0.15) is 12.1 Å². The van der Waals surface area contributed by atoms with Gasteiger partial charge in [0.05, 0.1) is 12.7 Å². The van der Waals surface area contributed by atoms with Gasteiger partial charge in [-0.3, -0.25) is 0 Å². The van der Waals surface area contributed by atoms with Gasteiger partial charge in [-0.15, -0.1) is 0 Å². The number of alkyl carbamates (subject to hydrolysis) is 1. The van der Waals surface area contributed by atoms with Gasteiger partial charge in [-0.1, -0.05) is 30.3 Å². The normalized spacial score (nSPS) is 22.8. The van der Waals surface area contributed by atoms with Crippen LogP contribution in [0.1, 0.15) is 32.3 Å². The second kappa shape index (κ2) is 7.97. The first kappa shape index (κ1) is 17.3. The highest BCUT2D eigenvalue weighted by Crippen LogP contribution is 2.36. The van der Waals surface area contributed by atoms with Crippen LogP contribution in [-0.4, -0.2) is 36.9 Å². The number of nitrogens with one attached hydrogen (secondary N) is 1. The molecule has 1 N–H and O–H groups in total. The van der Waals surface area contributed by atoms with E-state index in [0.717, 1.165) is 5.56 Å². The predicted octanol–water partition coefficient (Wildman–Crippen LogP) is 2.41. The minimum absolute atomic E-state index is 0.0428. The fourth-order valence-corrected chi connectivity index (χ4v) is 2.61. The first-order valence-electron chi connectivity index (χ1n) is 7.87. The maximum absolute atomic E-state index is 12.2. The second-order valence-corrected chi connectivity index (χ2v) is 5.47. The molecule has 0 bridgehead atoms. The molecule has 2 rings (SSSR count). The van der Waals surface area contributed by atoms with Crippen LogP contribution in [-0.2, 0) is 25.6 Å². The molecule has 1 aromatic carbocycles. The monoisotopic (exact) mass is 321 g/mol.